The highest BCUT2D eigenvalue weighted by atomic mass is 16.7. The van der Waals surface area contributed by atoms with Gasteiger partial charge in [0.1, 0.15) is 0 Å². The van der Waals surface area contributed by atoms with Gasteiger partial charge in [-0.2, -0.15) is 0 Å². The highest BCUT2D eigenvalue weighted by molar-refractivity contribution is 5.14. The van der Waals surface area contributed by atoms with Crippen LogP contribution in [0.4, 0.5) is 0 Å². The summed E-state index contributed by atoms with van der Waals surface area (Å²) in [6.07, 6.45) is 3.62. The fourth-order valence-electron chi connectivity index (χ4n) is 1.89. The van der Waals surface area contributed by atoms with E-state index in [1.165, 1.54) is 5.56 Å². The molecule has 94 valence electrons. The predicted octanol–water partition coefficient (Wildman–Crippen LogP) is 1.88. The fraction of sp³-hybridized carbons (Fsp3) is 0.615. The van der Waals surface area contributed by atoms with Crippen molar-refractivity contribution in [3.63, 3.8) is 0 Å². The van der Waals surface area contributed by atoms with Crippen LogP contribution in [-0.2, 0) is 9.47 Å². The molecular formula is C13H20N2O2. The van der Waals surface area contributed by atoms with Crippen LogP contribution in [0.2, 0.25) is 0 Å². The van der Waals surface area contributed by atoms with E-state index in [9.17, 15) is 0 Å². The second-order valence-electron chi connectivity index (χ2n) is 4.89. The molecule has 0 amide bonds. The highest BCUT2D eigenvalue weighted by Crippen LogP contribution is 2.19. The van der Waals surface area contributed by atoms with E-state index in [0.29, 0.717) is 13.2 Å². The van der Waals surface area contributed by atoms with Gasteiger partial charge in [0.25, 0.3) is 0 Å². The summed E-state index contributed by atoms with van der Waals surface area (Å²) in [5.41, 5.74) is 1.23. The first-order valence-corrected chi connectivity index (χ1v) is 6.01. The van der Waals surface area contributed by atoms with Gasteiger partial charge in [0.2, 0.25) is 0 Å². The molecule has 4 heteroatoms. The summed E-state index contributed by atoms with van der Waals surface area (Å²) >= 11 is 0. The van der Waals surface area contributed by atoms with Crippen molar-refractivity contribution in [2.45, 2.75) is 38.6 Å². The maximum Gasteiger partial charge on any atom is 0.162 e. The first-order chi connectivity index (χ1) is 8.07. The minimum Gasteiger partial charge on any atom is -0.349 e. The van der Waals surface area contributed by atoms with Gasteiger partial charge in [-0.3, -0.25) is 4.98 Å². The predicted molar refractivity (Wildman–Crippen MR) is 65.6 cm³/mol. The fourth-order valence-corrected chi connectivity index (χ4v) is 1.89. The zero-order chi connectivity index (χ0) is 12.3. The number of nitrogens with zero attached hydrogens (tertiary/aromatic N) is 1. The van der Waals surface area contributed by atoms with E-state index in [1.807, 2.05) is 38.4 Å². The first kappa shape index (κ1) is 12.5. The molecule has 1 N–H and O–H groups in total. The van der Waals surface area contributed by atoms with Crippen molar-refractivity contribution in [2.24, 2.45) is 0 Å². The van der Waals surface area contributed by atoms with Gasteiger partial charge in [-0.05, 0) is 38.5 Å². The Kier molecular flexibility index (Phi) is 3.76. The zero-order valence-electron chi connectivity index (χ0n) is 10.6. The normalized spacial score (nSPS) is 22.3. The van der Waals surface area contributed by atoms with Crippen molar-refractivity contribution in [3.8, 4) is 0 Å². The summed E-state index contributed by atoms with van der Waals surface area (Å²) in [4.78, 5) is 4.02. The molecule has 1 unspecified atom stereocenters. The minimum absolute atomic E-state index is 0.242. The maximum absolute atomic E-state index is 5.62. The molecule has 1 aliphatic heterocycles. The largest absolute Gasteiger partial charge is 0.349 e. The summed E-state index contributed by atoms with van der Waals surface area (Å²) in [6, 6.07) is 4.56. The summed E-state index contributed by atoms with van der Waals surface area (Å²) in [5.74, 6) is -0.446. The lowest BCUT2D eigenvalue weighted by Gasteiger charge is -2.36. The van der Waals surface area contributed by atoms with Gasteiger partial charge in [0.15, 0.2) is 5.79 Å². The Bertz CT molecular complexity index is 344. The lowest BCUT2D eigenvalue weighted by atomic mass is 10.1. The lowest BCUT2D eigenvalue weighted by Crippen LogP contribution is -2.49. The molecule has 17 heavy (non-hydrogen) atoms. The van der Waals surface area contributed by atoms with Crippen molar-refractivity contribution in [2.75, 3.05) is 13.2 Å². The molecular weight excluding hydrogens is 216 g/mol. The number of hydrogen-bond donors (Lipinski definition) is 1. The molecule has 1 aromatic rings. The molecule has 2 heterocycles. The summed E-state index contributed by atoms with van der Waals surface area (Å²) < 4.78 is 11.2. The Balaban J connectivity index is 1.86. The van der Waals surface area contributed by atoms with E-state index in [-0.39, 0.29) is 12.1 Å². The minimum atomic E-state index is -0.446. The Labute approximate surface area is 102 Å². The van der Waals surface area contributed by atoms with Crippen LogP contribution in [-0.4, -0.2) is 30.0 Å². The zero-order valence-corrected chi connectivity index (χ0v) is 10.6. The lowest BCUT2D eigenvalue weighted by molar-refractivity contribution is -0.253. The Morgan fingerprint density at radius 2 is 1.88 bits per heavy atom. The number of pyridine rings is 1. The van der Waals surface area contributed by atoms with Gasteiger partial charge in [-0.1, -0.05) is 0 Å². The molecule has 0 aromatic carbocycles. The van der Waals surface area contributed by atoms with Crippen LogP contribution in [0.25, 0.3) is 0 Å². The monoisotopic (exact) mass is 236 g/mol. The standard InChI is InChI=1S/C13H20N2O2/c1-10(11-4-6-14-7-5-11)15-12-8-16-13(2,3)17-9-12/h4-7,10,12,15H,8-9H2,1-3H3. The molecule has 1 atom stereocenters. The van der Waals surface area contributed by atoms with Crippen LogP contribution in [0, 0.1) is 0 Å². The van der Waals surface area contributed by atoms with Crippen LogP contribution in [0.3, 0.4) is 0 Å². The maximum atomic E-state index is 5.62. The van der Waals surface area contributed by atoms with Gasteiger partial charge in [0.05, 0.1) is 19.3 Å². The first-order valence-electron chi connectivity index (χ1n) is 6.01. The van der Waals surface area contributed by atoms with E-state index in [1.54, 1.807) is 0 Å². The van der Waals surface area contributed by atoms with Crippen LogP contribution in [0.1, 0.15) is 32.4 Å². The molecule has 0 radical (unpaired) electrons. The van der Waals surface area contributed by atoms with Crippen molar-refractivity contribution < 1.29 is 9.47 Å². The Morgan fingerprint density at radius 3 is 2.47 bits per heavy atom. The Morgan fingerprint density at radius 1 is 1.29 bits per heavy atom. The van der Waals surface area contributed by atoms with E-state index < -0.39 is 5.79 Å². The Hall–Kier alpha value is -0.970. The molecule has 0 bridgehead atoms. The topological polar surface area (TPSA) is 43.4 Å². The third-order valence-electron chi connectivity index (χ3n) is 2.96. The second-order valence-corrected chi connectivity index (χ2v) is 4.89. The average Bonchev–Trinajstić information content (AvgIpc) is 2.33. The van der Waals surface area contributed by atoms with Crippen molar-refractivity contribution in [1.29, 1.82) is 0 Å². The van der Waals surface area contributed by atoms with Crippen LogP contribution in [0.15, 0.2) is 24.5 Å². The van der Waals surface area contributed by atoms with E-state index in [2.05, 4.69) is 17.2 Å². The van der Waals surface area contributed by atoms with Gasteiger partial charge in [-0.25, -0.2) is 0 Å². The third kappa shape index (κ3) is 3.49. The van der Waals surface area contributed by atoms with Gasteiger partial charge < -0.3 is 14.8 Å². The van der Waals surface area contributed by atoms with Crippen LogP contribution in [0.5, 0.6) is 0 Å². The number of hydrogen-bond acceptors (Lipinski definition) is 4. The summed E-state index contributed by atoms with van der Waals surface area (Å²) in [5, 5.41) is 3.50. The number of nitrogens with one attached hydrogen (secondary N) is 1. The third-order valence-corrected chi connectivity index (χ3v) is 2.96. The second kappa shape index (κ2) is 5.12. The number of aromatic nitrogens is 1. The van der Waals surface area contributed by atoms with E-state index in [0.717, 1.165) is 0 Å². The smallest absolute Gasteiger partial charge is 0.162 e. The molecule has 1 aliphatic rings. The summed E-state index contributed by atoms with van der Waals surface area (Å²) in [7, 11) is 0. The molecule has 1 saturated heterocycles. The highest BCUT2D eigenvalue weighted by Gasteiger charge is 2.28. The average molecular weight is 236 g/mol. The van der Waals surface area contributed by atoms with Crippen molar-refractivity contribution in [1.82, 2.24) is 10.3 Å². The van der Waals surface area contributed by atoms with Crippen LogP contribution < -0.4 is 5.32 Å². The molecule has 2 rings (SSSR count). The molecule has 4 nitrogen and oxygen atoms in total. The molecule has 0 spiro atoms. The molecule has 1 fully saturated rings. The van der Waals surface area contributed by atoms with Crippen molar-refractivity contribution >= 4 is 0 Å². The van der Waals surface area contributed by atoms with Gasteiger partial charge in [0, 0.05) is 18.4 Å². The SMILES string of the molecule is CC(NC1COC(C)(C)OC1)c1ccncc1. The molecule has 0 saturated carbocycles. The van der Waals surface area contributed by atoms with Gasteiger partial charge in [-0.15, -0.1) is 0 Å². The van der Waals surface area contributed by atoms with Gasteiger partial charge >= 0.3 is 0 Å². The summed E-state index contributed by atoms with van der Waals surface area (Å²) in [6.45, 7) is 7.38. The van der Waals surface area contributed by atoms with E-state index >= 15 is 0 Å². The molecule has 1 aromatic heterocycles. The van der Waals surface area contributed by atoms with Crippen LogP contribution >= 0.6 is 0 Å². The number of ether oxygens (including phenoxy) is 2. The van der Waals surface area contributed by atoms with E-state index in [4.69, 9.17) is 9.47 Å². The van der Waals surface area contributed by atoms with Crippen molar-refractivity contribution in [3.05, 3.63) is 30.1 Å². The quantitative estimate of drug-likeness (QED) is 0.870. The molecule has 0 aliphatic carbocycles. The number of rotatable bonds is 3.